The Hall–Kier alpha value is -1.09. The van der Waals surface area contributed by atoms with Crippen LogP contribution in [0.1, 0.15) is 39.3 Å². The Morgan fingerprint density at radius 3 is 2.56 bits per heavy atom. The van der Waals surface area contributed by atoms with Crippen molar-refractivity contribution in [2.45, 2.75) is 33.7 Å². The maximum atomic E-state index is 5.46. The molecule has 1 aromatic heterocycles. The molecule has 1 N–H and O–H groups in total. The molecular formula is C13H22N2O. The Morgan fingerprint density at radius 2 is 2.06 bits per heavy atom. The van der Waals surface area contributed by atoms with Crippen molar-refractivity contribution >= 4 is 0 Å². The van der Waals surface area contributed by atoms with Crippen molar-refractivity contribution in [3.8, 4) is 5.75 Å². The van der Waals surface area contributed by atoms with Gasteiger partial charge in [-0.25, -0.2) is 0 Å². The lowest BCUT2D eigenvalue weighted by Crippen LogP contribution is -2.29. The number of nitrogens with zero attached hydrogens (tertiary/aromatic N) is 1. The molecule has 1 unspecified atom stereocenters. The van der Waals surface area contributed by atoms with E-state index in [9.17, 15) is 0 Å². The van der Waals surface area contributed by atoms with Gasteiger partial charge < -0.3 is 10.1 Å². The number of hydrogen-bond acceptors (Lipinski definition) is 3. The SMILES string of the molecule is CCOc1cncc(C(NC)C(C)(C)C)c1. The predicted molar refractivity (Wildman–Crippen MR) is 66.7 cm³/mol. The summed E-state index contributed by atoms with van der Waals surface area (Å²) in [5, 5.41) is 3.33. The van der Waals surface area contributed by atoms with Crippen LogP contribution in [0.25, 0.3) is 0 Å². The summed E-state index contributed by atoms with van der Waals surface area (Å²) >= 11 is 0. The van der Waals surface area contributed by atoms with Crippen LogP contribution in [0.3, 0.4) is 0 Å². The van der Waals surface area contributed by atoms with Gasteiger partial charge in [0.05, 0.1) is 12.8 Å². The second-order valence-electron chi connectivity index (χ2n) is 4.97. The van der Waals surface area contributed by atoms with E-state index in [-0.39, 0.29) is 11.5 Å². The van der Waals surface area contributed by atoms with Crippen LogP contribution in [0.2, 0.25) is 0 Å². The number of rotatable bonds is 4. The van der Waals surface area contributed by atoms with Gasteiger partial charge in [-0.1, -0.05) is 20.8 Å². The van der Waals surface area contributed by atoms with E-state index in [1.165, 1.54) is 5.56 Å². The smallest absolute Gasteiger partial charge is 0.137 e. The highest BCUT2D eigenvalue weighted by Gasteiger charge is 2.25. The van der Waals surface area contributed by atoms with E-state index in [4.69, 9.17) is 4.74 Å². The van der Waals surface area contributed by atoms with Crippen LogP contribution >= 0.6 is 0 Å². The second-order valence-corrected chi connectivity index (χ2v) is 4.97. The van der Waals surface area contributed by atoms with Gasteiger partial charge in [0.2, 0.25) is 0 Å². The lowest BCUT2D eigenvalue weighted by atomic mass is 9.83. The summed E-state index contributed by atoms with van der Waals surface area (Å²) < 4.78 is 5.46. The molecule has 1 atom stereocenters. The molecule has 0 aliphatic rings. The Bertz CT molecular complexity index is 331. The molecule has 0 aliphatic heterocycles. The van der Waals surface area contributed by atoms with Gasteiger partial charge in [-0.05, 0) is 31.0 Å². The predicted octanol–water partition coefficient (Wildman–Crippen LogP) is 2.79. The van der Waals surface area contributed by atoms with Crippen molar-refractivity contribution in [3.63, 3.8) is 0 Å². The standard InChI is InChI=1S/C13H22N2O/c1-6-16-11-7-10(8-15-9-11)12(14-5)13(2,3)4/h7-9,12,14H,6H2,1-5H3. The molecule has 0 aromatic carbocycles. The zero-order valence-corrected chi connectivity index (χ0v) is 10.9. The molecule has 0 saturated carbocycles. The highest BCUT2D eigenvalue weighted by atomic mass is 16.5. The molecule has 16 heavy (non-hydrogen) atoms. The molecule has 0 saturated heterocycles. The molecule has 0 amide bonds. The molecular weight excluding hydrogens is 200 g/mol. The highest BCUT2D eigenvalue weighted by Crippen LogP contribution is 2.33. The fourth-order valence-corrected chi connectivity index (χ4v) is 1.94. The quantitative estimate of drug-likeness (QED) is 0.850. The van der Waals surface area contributed by atoms with Crippen LogP contribution in [0, 0.1) is 5.41 Å². The van der Waals surface area contributed by atoms with Crippen molar-refractivity contribution < 1.29 is 4.74 Å². The molecule has 90 valence electrons. The first-order valence-electron chi connectivity index (χ1n) is 5.74. The molecule has 3 nitrogen and oxygen atoms in total. The zero-order valence-electron chi connectivity index (χ0n) is 10.9. The summed E-state index contributed by atoms with van der Waals surface area (Å²) in [6.07, 6.45) is 3.65. The molecule has 1 heterocycles. The van der Waals surface area contributed by atoms with Crippen LogP contribution in [0.5, 0.6) is 5.75 Å². The number of pyridine rings is 1. The van der Waals surface area contributed by atoms with Gasteiger partial charge in [0.15, 0.2) is 0 Å². The number of ether oxygens (including phenoxy) is 1. The van der Waals surface area contributed by atoms with Gasteiger partial charge >= 0.3 is 0 Å². The largest absolute Gasteiger partial charge is 0.492 e. The number of hydrogen-bond donors (Lipinski definition) is 1. The van der Waals surface area contributed by atoms with Crippen LogP contribution in [0.4, 0.5) is 0 Å². The van der Waals surface area contributed by atoms with Crippen LogP contribution in [-0.2, 0) is 0 Å². The molecule has 0 radical (unpaired) electrons. The first kappa shape index (κ1) is 13.0. The third kappa shape index (κ3) is 3.20. The topological polar surface area (TPSA) is 34.1 Å². The Balaban J connectivity index is 2.97. The monoisotopic (exact) mass is 222 g/mol. The van der Waals surface area contributed by atoms with E-state index >= 15 is 0 Å². The average molecular weight is 222 g/mol. The molecule has 3 heteroatoms. The third-order valence-corrected chi connectivity index (χ3v) is 2.53. The first-order valence-corrected chi connectivity index (χ1v) is 5.74. The summed E-state index contributed by atoms with van der Waals surface area (Å²) in [5.74, 6) is 0.838. The molecule has 0 fully saturated rings. The molecule has 0 spiro atoms. The van der Waals surface area contributed by atoms with Crippen molar-refractivity contribution in [2.75, 3.05) is 13.7 Å². The fraction of sp³-hybridized carbons (Fsp3) is 0.615. The van der Waals surface area contributed by atoms with Crippen molar-refractivity contribution in [1.82, 2.24) is 10.3 Å². The van der Waals surface area contributed by atoms with E-state index in [1.54, 1.807) is 6.20 Å². The van der Waals surface area contributed by atoms with Gasteiger partial charge in [0.25, 0.3) is 0 Å². The Morgan fingerprint density at radius 1 is 1.38 bits per heavy atom. The van der Waals surface area contributed by atoms with Crippen LogP contribution < -0.4 is 10.1 Å². The Kier molecular flexibility index (Phi) is 4.30. The minimum atomic E-state index is 0.154. The van der Waals surface area contributed by atoms with Gasteiger partial charge in [0.1, 0.15) is 5.75 Å². The average Bonchev–Trinajstić information content (AvgIpc) is 2.17. The van der Waals surface area contributed by atoms with Gasteiger partial charge in [-0.3, -0.25) is 4.98 Å². The lowest BCUT2D eigenvalue weighted by Gasteiger charge is -2.30. The summed E-state index contributed by atoms with van der Waals surface area (Å²) in [5.41, 5.74) is 1.32. The summed E-state index contributed by atoms with van der Waals surface area (Å²) in [6.45, 7) is 9.28. The minimum Gasteiger partial charge on any atom is -0.492 e. The summed E-state index contributed by atoms with van der Waals surface area (Å²) in [4.78, 5) is 4.22. The number of aromatic nitrogens is 1. The van der Waals surface area contributed by atoms with Gasteiger partial charge in [0, 0.05) is 12.2 Å². The van der Waals surface area contributed by atoms with E-state index in [0.717, 1.165) is 5.75 Å². The molecule has 0 bridgehead atoms. The van der Waals surface area contributed by atoms with Crippen LogP contribution in [-0.4, -0.2) is 18.6 Å². The van der Waals surface area contributed by atoms with E-state index < -0.39 is 0 Å². The minimum absolute atomic E-state index is 0.154. The van der Waals surface area contributed by atoms with E-state index in [2.05, 4.69) is 37.1 Å². The molecule has 1 aromatic rings. The fourth-order valence-electron chi connectivity index (χ4n) is 1.94. The van der Waals surface area contributed by atoms with Crippen LogP contribution in [0.15, 0.2) is 18.5 Å². The summed E-state index contributed by atoms with van der Waals surface area (Å²) in [6, 6.07) is 2.34. The van der Waals surface area contributed by atoms with Gasteiger partial charge in [-0.2, -0.15) is 0 Å². The lowest BCUT2D eigenvalue weighted by molar-refractivity contribution is 0.284. The van der Waals surface area contributed by atoms with E-state index in [1.807, 2.05) is 20.2 Å². The second kappa shape index (κ2) is 5.30. The maximum absolute atomic E-state index is 5.46. The Labute approximate surface area is 98.2 Å². The highest BCUT2D eigenvalue weighted by molar-refractivity contribution is 5.27. The maximum Gasteiger partial charge on any atom is 0.137 e. The van der Waals surface area contributed by atoms with Crippen molar-refractivity contribution in [2.24, 2.45) is 5.41 Å². The normalized spacial score (nSPS) is 13.6. The molecule has 0 aliphatic carbocycles. The molecule has 1 rings (SSSR count). The third-order valence-electron chi connectivity index (χ3n) is 2.53. The van der Waals surface area contributed by atoms with Gasteiger partial charge in [-0.15, -0.1) is 0 Å². The summed E-state index contributed by atoms with van der Waals surface area (Å²) in [7, 11) is 1.98. The van der Waals surface area contributed by atoms with E-state index in [0.29, 0.717) is 6.61 Å². The zero-order chi connectivity index (χ0) is 12.2. The van der Waals surface area contributed by atoms with Crippen molar-refractivity contribution in [3.05, 3.63) is 24.0 Å². The van der Waals surface area contributed by atoms with Crippen molar-refractivity contribution in [1.29, 1.82) is 0 Å². The first-order chi connectivity index (χ1) is 7.49. The number of nitrogens with one attached hydrogen (secondary N) is 1.